The van der Waals surface area contributed by atoms with Crippen LogP contribution >= 0.6 is 11.6 Å². The lowest BCUT2D eigenvalue weighted by molar-refractivity contribution is -0.150. The summed E-state index contributed by atoms with van der Waals surface area (Å²) in [5.74, 6) is -4.92. The molecule has 0 aliphatic carbocycles. The lowest BCUT2D eigenvalue weighted by Crippen LogP contribution is -2.17. The van der Waals surface area contributed by atoms with Crippen molar-refractivity contribution in [2.24, 2.45) is 0 Å². The predicted octanol–water partition coefficient (Wildman–Crippen LogP) is 3.74. The van der Waals surface area contributed by atoms with Gasteiger partial charge in [0.15, 0.2) is 0 Å². The minimum atomic E-state index is -5.20. The average Bonchev–Trinajstić information content (AvgIpc) is 2.79. The summed E-state index contributed by atoms with van der Waals surface area (Å²) in [6, 6.07) is 1.65. The molecule has 0 spiro atoms. The van der Waals surface area contributed by atoms with Gasteiger partial charge in [-0.05, 0) is 12.1 Å². The van der Waals surface area contributed by atoms with Crippen LogP contribution in [0.1, 0.15) is 17.2 Å². The Labute approximate surface area is 128 Å². The number of nitrogens with two attached hydrogens (primary N) is 1. The molecule has 1 heterocycles. The zero-order chi connectivity index (χ0) is 17.6. The van der Waals surface area contributed by atoms with Gasteiger partial charge < -0.3 is 5.73 Å². The molecule has 2 N–H and O–H groups in total. The van der Waals surface area contributed by atoms with E-state index in [0.29, 0.717) is 0 Å². The van der Waals surface area contributed by atoms with Gasteiger partial charge in [0, 0.05) is 5.56 Å². The molecule has 23 heavy (non-hydrogen) atoms. The van der Waals surface area contributed by atoms with Gasteiger partial charge in [-0.2, -0.15) is 31.3 Å². The van der Waals surface area contributed by atoms with Crippen LogP contribution in [0.15, 0.2) is 12.1 Å². The maximum Gasteiger partial charge on any atom is 0.453 e. The summed E-state index contributed by atoms with van der Waals surface area (Å²) in [5, 5.41) is 2.59. The molecule has 0 unspecified atom stereocenters. The third kappa shape index (κ3) is 3.66. The van der Waals surface area contributed by atoms with Crippen molar-refractivity contribution in [1.29, 1.82) is 0 Å². The smallest absolute Gasteiger partial charge is 0.397 e. The summed E-state index contributed by atoms with van der Waals surface area (Å²) in [5.41, 5.74) is 4.72. The van der Waals surface area contributed by atoms with Crippen molar-refractivity contribution in [3.63, 3.8) is 0 Å². The fraction of sp³-hybridized carbons (Fsp3) is 0.273. The lowest BCUT2D eigenvalue weighted by Gasteiger charge is -2.10. The molecule has 4 nitrogen and oxygen atoms in total. The molecule has 0 saturated carbocycles. The van der Waals surface area contributed by atoms with E-state index >= 15 is 0 Å². The van der Waals surface area contributed by atoms with E-state index in [0.717, 1.165) is 12.1 Å². The minimum absolute atomic E-state index is 0.0895. The molecule has 1 aromatic heterocycles. The number of hydrogen-bond donors (Lipinski definition) is 1. The van der Waals surface area contributed by atoms with E-state index in [1.54, 1.807) is 0 Å². The summed E-state index contributed by atoms with van der Waals surface area (Å²) in [6.07, 6.45) is -10.4. The molecule has 0 atom stereocenters. The fourth-order valence-electron chi connectivity index (χ4n) is 1.67. The van der Waals surface area contributed by atoms with Crippen molar-refractivity contribution in [3.05, 3.63) is 40.2 Å². The van der Waals surface area contributed by atoms with Crippen molar-refractivity contribution < 1.29 is 30.7 Å². The molecule has 126 valence electrons. The van der Waals surface area contributed by atoms with E-state index in [-0.39, 0.29) is 15.4 Å². The molecule has 0 fully saturated rings. The molecule has 0 radical (unpaired) electrons. The zero-order valence-electron chi connectivity index (χ0n) is 10.8. The first-order valence-corrected chi connectivity index (χ1v) is 6.10. The molecule has 0 bridgehead atoms. The highest BCUT2D eigenvalue weighted by atomic mass is 35.5. The highest BCUT2D eigenvalue weighted by molar-refractivity contribution is 6.33. The van der Waals surface area contributed by atoms with Crippen LogP contribution < -0.4 is 5.73 Å². The maximum atomic E-state index is 13.7. The van der Waals surface area contributed by atoms with Crippen molar-refractivity contribution >= 4 is 17.3 Å². The number of nitrogen functional groups attached to an aromatic ring is 1. The largest absolute Gasteiger partial charge is 0.453 e. The van der Waals surface area contributed by atoms with Crippen molar-refractivity contribution in [2.75, 3.05) is 5.73 Å². The Balaban J connectivity index is 2.51. The zero-order valence-corrected chi connectivity index (χ0v) is 11.6. The molecule has 0 aliphatic rings. The van der Waals surface area contributed by atoms with E-state index in [1.165, 1.54) is 0 Å². The molecule has 1 aromatic carbocycles. The summed E-state index contributed by atoms with van der Waals surface area (Å²) in [6.45, 7) is -0.955. The van der Waals surface area contributed by atoms with Crippen LogP contribution in [0.4, 0.5) is 36.4 Å². The molecule has 0 saturated heterocycles. The summed E-state index contributed by atoms with van der Waals surface area (Å²) in [7, 11) is 0. The van der Waals surface area contributed by atoms with Crippen LogP contribution in [0.25, 0.3) is 0 Å². The number of nitrogens with zero attached hydrogens (tertiary/aromatic N) is 3. The molecule has 2 aromatic rings. The highest BCUT2D eigenvalue weighted by Gasteiger charge is 2.44. The molecule has 12 heteroatoms. The minimum Gasteiger partial charge on any atom is -0.397 e. The second kappa shape index (κ2) is 5.55. The lowest BCUT2D eigenvalue weighted by atomic mass is 10.2. The first-order chi connectivity index (χ1) is 10.4. The van der Waals surface area contributed by atoms with Crippen LogP contribution in [0.2, 0.25) is 5.02 Å². The topological polar surface area (TPSA) is 56.7 Å². The first-order valence-electron chi connectivity index (χ1n) is 5.72. The van der Waals surface area contributed by atoms with E-state index in [4.69, 9.17) is 17.3 Å². The second-order valence-corrected chi connectivity index (χ2v) is 4.78. The Morgan fingerprint density at radius 2 is 1.70 bits per heavy atom. The Bertz CT molecular complexity index is 735. The van der Waals surface area contributed by atoms with E-state index < -0.39 is 41.9 Å². The van der Waals surface area contributed by atoms with Gasteiger partial charge in [0.25, 0.3) is 5.82 Å². The van der Waals surface area contributed by atoms with E-state index in [9.17, 15) is 30.7 Å². The van der Waals surface area contributed by atoms with Crippen molar-refractivity contribution in [1.82, 2.24) is 14.8 Å². The summed E-state index contributed by atoms with van der Waals surface area (Å²) in [4.78, 5) is 2.44. The van der Waals surface area contributed by atoms with Crippen LogP contribution in [0.5, 0.6) is 0 Å². The number of alkyl halides is 6. The van der Waals surface area contributed by atoms with Gasteiger partial charge in [0.1, 0.15) is 5.82 Å². The van der Waals surface area contributed by atoms with Crippen molar-refractivity contribution in [3.8, 4) is 0 Å². The van der Waals surface area contributed by atoms with Gasteiger partial charge in [-0.25, -0.2) is 9.07 Å². The Morgan fingerprint density at radius 3 is 2.22 bits per heavy atom. The molecular weight excluding hydrogens is 357 g/mol. The van der Waals surface area contributed by atoms with Gasteiger partial charge in [-0.1, -0.05) is 11.6 Å². The Hall–Kier alpha value is -2.04. The van der Waals surface area contributed by atoms with Crippen molar-refractivity contribution in [2.45, 2.75) is 18.9 Å². The summed E-state index contributed by atoms with van der Waals surface area (Å²) < 4.78 is 89.4. The van der Waals surface area contributed by atoms with Gasteiger partial charge in [-0.15, -0.1) is 5.10 Å². The number of rotatable bonds is 2. The monoisotopic (exact) mass is 362 g/mol. The number of hydrogen-bond acceptors (Lipinski definition) is 3. The third-order valence-corrected chi connectivity index (χ3v) is 2.99. The predicted molar refractivity (Wildman–Crippen MR) is 65.0 cm³/mol. The SMILES string of the molecule is Nc1cc(F)c(Cn2nc(C(F)(F)F)nc2C(F)(F)F)cc1Cl. The first kappa shape index (κ1) is 17.3. The van der Waals surface area contributed by atoms with Crippen LogP contribution in [-0.2, 0) is 18.9 Å². The van der Waals surface area contributed by atoms with Gasteiger partial charge in [-0.3, -0.25) is 0 Å². The standard InChI is InChI=1S/C11H6ClF7N4/c12-5-1-4(6(13)2-7(5)20)3-23-9(11(17,18)19)21-8(22-23)10(14,15)16/h1-2H,3,20H2. The van der Waals surface area contributed by atoms with Crippen LogP contribution in [0, 0.1) is 5.82 Å². The highest BCUT2D eigenvalue weighted by Crippen LogP contribution is 2.33. The average molecular weight is 363 g/mol. The van der Waals surface area contributed by atoms with Gasteiger partial charge in [0.05, 0.1) is 17.3 Å². The quantitative estimate of drug-likeness (QED) is 0.654. The molecular formula is C11H6ClF7N4. The second-order valence-electron chi connectivity index (χ2n) is 4.38. The molecule has 2 rings (SSSR count). The third-order valence-electron chi connectivity index (χ3n) is 2.66. The number of anilines is 1. The van der Waals surface area contributed by atoms with Crippen LogP contribution in [-0.4, -0.2) is 14.8 Å². The normalized spacial score (nSPS) is 12.7. The Morgan fingerprint density at radius 1 is 1.09 bits per heavy atom. The van der Waals surface area contributed by atoms with Gasteiger partial charge in [0.2, 0.25) is 5.82 Å². The number of benzene rings is 1. The Kier molecular flexibility index (Phi) is 4.18. The fourth-order valence-corrected chi connectivity index (χ4v) is 1.85. The van der Waals surface area contributed by atoms with Gasteiger partial charge >= 0.3 is 12.4 Å². The number of halogens is 8. The number of aromatic nitrogens is 3. The van der Waals surface area contributed by atoms with E-state index in [1.807, 2.05) is 0 Å². The molecule has 0 aliphatic heterocycles. The molecule has 0 amide bonds. The summed E-state index contributed by atoms with van der Waals surface area (Å²) >= 11 is 5.62. The maximum absolute atomic E-state index is 13.7. The van der Waals surface area contributed by atoms with E-state index in [2.05, 4.69) is 10.1 Å². The van der Waals surface area contributed by atoms with Crippen LogP contribution in [0.3, 0.4) is 0 Å².